The first-order valence-electron chi connectivity index (χ1n) is 10.4. The van der Waals surface area contributed by atoms with Crippen molar-refractivity contribution in [2.24, 2.45) is 5.92 Å². The molecular weight excluding hydrogens is 388 g/mol. The van der Waals surface area contributed by atoms with Crippen LogP contribution in [0.4, 0.5) is 0 Å². The second-order valence-corrected chi connectivity index (χ2v) is 9.89. The van der Waals surface area contributed by atoms with E-state index in [2.05, 4.69) is 24.3 Å². The average molecular weight is 417 g/mol. The molecule has 3 saturated heterocycles. The van der Waals surface area contributed by atoms with Crippen molar-refractivity contribution in [1.29, 1.82) is 0 Å². The number of carbonyl (C=O) groups is 3. The molecule has 2 amide bonds. The van der Waals surface area contributed by atoms with Crippen LogP contribution in [0.3, 0.4) is 0 Å². The summed E-state index contributed by atoms with van der Waals surface area (Å²) in [5.41, 5.74) is 1.34. The summed E-state index contributed by atoms with van der Waals surface area (Å²) in [7, 11) is 0. The van der Waals surface area contributed by atoms with Gasteiger partial charge in [-0.2, -0.15) is 0 Å². The van der Waals surface area contributed by atoms with E-state index >= 15 is 0 Å². The van der Waals surface area contributed by atoms with Gasteiger partial charge in [-0.25, -0.2) is 4.79 Å². The predicted octanol–water partition coefficient (Wildman–Crippen LogP) is 2.46. The van der Waals surface area contributed by atoms with E-state index in [4.69, 9.17) is 4.74 Å². The van der Waals surface area contributed by atoms with Gasteiger partial charge in [-0.1, -0.05) is 30.3 Å². The Labute approximate surface area is 175 Å². The van der Waals surface area contributed by atoms with Gasteiger partial charge in [0.05, 0.1) is 4.87 Å². The molecule has 3 fully saturated rings. The fraction of sp³-hybridized carbons (Fsp3) is 0.591. The number of nitrogens with zero attached hydrogens (tertiary/aromatic N) is 2. The molecule has 0 spiro atoms. The molecule has 29 heavy (non-hydrogen) atoms. The first-order chi connectivity index (χ1) is 14.0. The summed E-state index contributed by atoms with van der Waals surface area (Å²) in [6, 6.07) is 9.87. The van der Waals surface area contributed by atoms with E-state index in [0.717, 1.165) is 25.7 Å². The molecule has 3 aliphatic rings. The third-order valence-electron chi connectivity index (χ3n) is 6.39. The molecule has 6 nitrogen and oxygen atoms in total. The van der Waals surface area contributed by atoms with Crippen LogP contribution in [-0.2, 0) is 25.5 Å². The smallest absolute Gasteiger partial charge is 0.330 e. The number of hydrogen-bond acceptors (Lipinski definition) is 5. The van der Waals surface area contributed by atoms with Crippen molar-refractivity contribution in [2.75, 3.05) is 25.4 Å². The number of carbonyl (C=O) groups excluding carboxylic acids is 3. The molecule has 7 heteroatoms. The highest BCUT2D eigenvalue weighted by Crippen LogP contribution is 2.47. The quantitative estimate of drug-likeness (QED) is 0.690. The van der Waals surface area contributed by atoms with Crippen LogP contribution in [-0.4, -0.2) is 63.9 Å². The van der Waals surface area contributed by atoms with Crippen molar-refractivity contribution in [3.05, 3.63) is 35.9 Å². The molecule has 3 aliphatic heterocycles. The molecule has 0 N–H and O–H groups in total. The molecule has 3 heterocycles. The number of benzene rings is 1. The van der Waals surface area contributed by atoms with Crippen LogP contribution in [0.2, 0.25) is 0 Å². The summed E-state index contributed by atoms with van der Waals surface area (Å²) < 4.78 is 5.33. The highest BCUT2D eigenvalue weighted by molar-refractivity contribution is 8.01. The predicted molar refractivity (Wildman–Crippen MR) is 111 cm³/mol. The van der Waals surface area contributed by atoms with Crippen LogP contribution in [0.15, 0.2) is 30.3 Å². The lowest BCUT2D eigenvalue weighted by Crippen LogP contribution is -2.47. The van der Waals surface area contributed by atoms with Crippen molar-refractivity contribution in [3.8, 4) is 0 Å². The third-order valence-corrected chi connectivity index (χ3v) is 7.89. The molecule has 0 unspecified atom stereocenters. The van der Waals surface area contributed by atoms with E-state index in [1.165, 1.54) is 5.56 Å². The number of hydrogen-bond donors (Lipinski definition) is 0. The van der Waals surface area contributed by atoms with Crippen LogP contribution >= 0.6 is 11.8 Å². The van der Waals surface area contributed by atoms with Crippen molar-refractivity contribution in [2.45, 2.75) is 49.9 Å². The summed E-state index contributed by atoms with van der Waals surface area (Å²) in [6.45, 7) is 3.17. The van der Waals surface area contributed by atoms with E-state index in [1.54, 1.807) is 21.6 Å². The zero-order valence-corrected chi connectivity index (χ0v) is 17.7. The topological polar surface area (TPSA) is 66.9 Å². The molecular formula is C22H28N2O4S. The van der Waals surface area contributed by atoms with Gasteiger partial charge in [-0.15, -0.1) is 11.8 Å². The second-order valence-electron chi connectivity index (χ2n) is 8.39. The maximum Gasteiger partial charge on any atom is 0.330 e. The van der Waals surface area contributed by atoms with Gasteiger partial charge in [0.2, 0.25) is 5.91 Å². The standard InChI is InChI=1S/C22H28N2O4S/c1-22-10-7-19(25)24(22)18(15-29-22)21(27)28-14-20(26)23-11-8-17(9-12-23)13-16-5-3-2-4-6-16/h2-6,17-18H,7-15H2,1H3/t18-,22+/m1/s1. The third kappa shape index (κ3) is 4.29. The lowest BCUT2D eigenvalue weighted by Gasteiger charge is -2.32. The molecule has 4 rings (SSSR count). The van der Waals surface area contributed by atoms with Crippen LogP contribution in [0.25, 0.3) is 0 Å². The van der Waals surface area contributed by atoms with Crippen molar-refractivity contribution in [3.63, 3.8) is 0 Å². The van der Waals surface area contributed by atoms with Gasteiger partial charge in [-0.05, 0) is 44.1 Å². The van der Waals surface area contributed by atoms with Gasteiger partial charge in [0, 0.05) is 25.3 Å². The van der Waals surface area contributed by atoms with Gasteiger partial charge in [0.25, 0.3) is 5.91 Å². The molecule has 2 atom stereocenters. The Kier molecular flexibility index (Phi) is 5.86. The molecule has 0 aromatic heterocycles. The summed E-state index contributed by atoms with van der Waals surface area (Å²) in [4.78, 5) is 40.3. The highest BCUT2D eigenvalue weighted by atomic mass is 32.2. The van der Waals surface area contributed by atoms with Crippen molar-refractivity contribution >= 4 is 29.5 Å². The number of thioether (sulfide) groups is 1. The number of amides is 2. The normalized spacial score (nSPS) is 27.2. The Bertz CT molecular complexity index is 778. The molecule has 1 aromatic carbocycles. The van der Waals surface area contributed by atoms with E-state index in [9.17, 15) is 14.4 Å². The molecule has 0 bridgehead atoms. The summed E-state index contributed by atoms with van der Waals surface area (Å²) >= 11 is 1.63. The van der Waals surface area contributed by atoms with E-state index in [0.29, 0.717) is 31.2 Å². The van der Waals surface area contributed by atoms with Crippen LogP contribution in [0.1, 0.15) is 38.2 Å². The molecule has 0 aliphatic carbocycles. The number of likely N-dealkylation sites (tertiary alicyclic amines) is 1. The van der Waals surface area contributed by atoms with Gasteiger partial charge in [-0.3, -0.25) is 9.59 Å². The minimum Gasteiger partial charge on any atom is -0.454 e. The maximum absolute atomic E-state index is 12.5. The minimum atomic E-state index is -0.565. The van der Waals surface area contributed by atoms with Crippen LogP contribution < -0.4 is 0 Å². The SMILES string of the molecule is C[C@]12CCC(=O)N1[C@@H](C(=O)OCC(=O)N1CCC(Cc3ccccc3)CC1)CS2. The van der Waals surface area contributed by atoms with Crippen LogP contribution in [0.5, 0.6) is 0 Å². The Hall–Kier alpha value is -2.02. The number of piperidine rings is 1. The fourth-order valence-electron chi connectivity index (χ4n) is 4.65. The van der Waals surface area contributed by atoms with Gasteiger partial charge < -0.3 is 14.5 Å². The molecule has 1 aromatic rings. The van der Waals surface area contributed by atoms with E-state index < -0.39 is 12.0 Å². The minimum absolute atomic E-state index is 0.00580. The average Bonchev–Trinajstić information content (AvgIpc) is 3.23. The first kappa shape index (κ1) is 20.3. The summed E-state index contributed by atoms with van der Waals surface area (Å²) in [6.07, 6.45) is 4.21. The number of ether oxygens (including phenoxy) is 1. The molecule has 0 radical (unpaired) electrons. The zero-order valence-electron chi connectivity index (χ0n) is 16.8. The number of fused-ring (bicyclic) bond motifs is 1. The molecule has 0 saturated carbocycles. The lowest BCUT2D eigenvalue weighted by atomic mass is 9.90. The summed E-state index contributed by atoms with van der Waals surface area (Å²) in [5, 5.41) is 0. The van der Waals surface area contributed by atoms with Gasteiger partial charge >= 0.3 is 5.97 Å². The number of rotatable bonds is 5. The van der Waals surface area contributed by atoms with Crippen molar-refractivity contribution in [1.82, 2.24) is 9.80 Å². The van der Waals surface area contributed by atoms with E-state index in [1.807, 2.05) is 13.0 Å². The maximum atomic E-state index is 12.5. The Morgan fingerprint density at radius 1 is 1.21 bits per heavy atom. The number of esters is 1. The monoisotopic (exact) mass is 416 g/mol. The summed E-state index contributed by atoms with van der Waals surface area (Å²) in [5.74, 6) is 0.534. The van der Waals surface area contributed by atoms with Gasteiger partial charge in [0.15, 0.2) is 6.61 Å². The van der Waals surface area contributed by atoms with Crippen molar-refractivity contribution < 1.29 is 19.1 Å². The van der Waals surface area contributed by atoms with Gasteiger partial charge in [0.1, 0.15) is 6.04 Å². The fourth-order valence-corrected chi connectivity index (χ4v) is 6.07. The largest absolute Gasteiger partial charge is 0.454 e. The van der Waals surface area contributed by atoms with E-state index in [-0.39, 0.29) is 23.3 Å². The highest BCUT2D eigenvalue weighted by Gasteiger charge is 2.53. The Morgan fingerprint density at radius 3 is 2.66 bits per heavy atom. The Morgan fingerprint density at radius 2 is 1.93 bits per heavy atom. The zero-order chi connectivity index (χ0) is 20.4. The Balaban J connectivity index is 1.22. The molecule has 156 valence electrons. The second kappa shape index (κ2) is 8.38. The first-order valence-corrected chi connectivity index (χ1v) is 11.4. The lowest BCUT2D eigenvalue weighted by molar-refractivity contribution is -0.158. The van der Waals surface area contributed by atoms with Crippen LogP contribution in [0, 0.1) is 5.92 Å².